The lowest BCUT2D eigenvalue weighted by molar-refractivity contribution is -0.158. The van der Waals surface area contributed by atoms with E-state index in [1.807, 2.05) is 17.5 Å². The maximum atomic E-state index is 13.4. The summed E-state index contributed by atoms with van der Waals surface area (Å²) in [5.41, 5.74) is -0.484. The van der Waals surface area contributed by atoms with Gasteiger partial charge in [-0.05, 0) is 37.1 Å². The van der Waals surface area contributed by atoms with Crippen LogP contribution in [0.2, 0.25) is 0 Å². The van der Waals surface area contributed by atoms with Crippen molar-refractivity contribution in [1.82, 2.24) is 15.1 Å². The molecule has 2 aromatic heterocycles. The molecule has 3 heterocycles. The Labute approximate surface area is 158 Å². The van der Waals surface area contributed by atoms with E-state index in [9.17, 15) is 18.0 Å². The second kappa shape index (κ2) is 6.92. The topological polar surface area (TPSA) is 59.2 Å². The van der Waals surface area contributed by atoms with E-state index in [0.29, 0.717) is 25.9 Å². The van der Waals surface area contributed by atoms with Crippen LogP contribution in [0.1, 0.15) is 61.1 Å². The number of halogens is 3. The molecule has 1 amide bonds. The first-order chi connectivity index (χ1) is 12.9. The van der Waals surface area contributed by atoms with Crippen LogP contribution in [0.4, 0.5) is 13.2 Å². The Kier molecular flexibility index (Phi) is 4.73. The maximum absolute atomic E-state index is 13.4. The summed E-state index contributed by atoms with van der Waals surface area (Å²) in [5.74, 6) is -1.63. The van der Waals surface area contributed by atoms with Crippen LogP contribution in [0.15, 0.2) is 21.9 Å². The molecule has 0 radical (unpaired) electrons. The van der Waals surface area contributed by atoms with Gasteiger partial charge in [-0.15, -0.1) is 21.5 Å². The highest BCUT2D eigenvalue weighted by Gasteiger charge is 2.47. The van der Waals surface area contributed by atoms with E-state index in [0.717, 1.165) is 30.6 Å². The van der Waals surface area contributed by atoms with Crippen molar-refractivity contribution in [2.75, 3.05) is 13.1 Å². The largest absolute Gasteiger partial charge is 0.470 e. The van der Waals surface area contributed by atoms with Crippen molar-refractivity contribution in [2.45, 2.75) is 56.0 Å². The van der Waals surface area contributed by atoms with Gasteiger partial charge in [0.25, 0.3) is 0 Å². The Morgan fingerprint density at radius 1 is 1.26 bits per heavy atom. The molecule has 0 aromatic carbocycles. The summed E-state index contributed by atoms with van der Waals surface area (Å²) in [6.45, 7) is 0.939. The van der Waals surface area contributed by atoms with Gasteiger partial charge in [-0.3, -0.25) is 4.79 Å². The minimum absolute atomic E-state index is 0.0311. The average molecular weight is 399 g/mol. The highest BCUT2D eigenvalue weighted by atomic mass is 32.1. The number of carbonyl (C=O) groups excluding carboxylic acids is 1. The Morgan fingerprint density at radius 2 is 2.04 bits per heavy atom. The number of hydrogen-bond donors (Lipinski definition) is 0. The third-order valence-electron chi connectivity index (χ3n) is 5.60. The van der Waals surface area contributed by atoms with E-state index in [1.165, 1.54) is 0 Å². The molecule has 2 fully saturated rings. The summed E-state index contributed by atoms with van der Waals surface area (Å²) >= 11 is 1.60. The molecule has 1 saturated heterocycles. The van der Waals surface area contributed by atoms with Crippen LogP contribution in [-0.4, -0.2) is 34.1 Å². The van der Waals surface area contributed by atoms with Crippen LogP contribution < -0.4 is 0 Å². The average Bonchev–Trinajstić information content (AvgIpc) is 3.42. The molecule has 1 aliphatic carbocycles. The molecule has 2 aromatic rings. The molecule has 1 saturated carbocycles. The lowest BCUT2D eigenvalue weighted by Gasteiger charge is -2.38. The van der Waals surface area contributed by atoms with Crippen LogP contribution in [0.5, 0.6) is 0 Å². The van der Waals surface area contributed by atoms with Crippen molar-refractivity contribution in [2.24, 2.45) is 0 Å². The number of alkyl halides is 3. The van der Waals surface area contributed by atoms with Gasteiger partial charge < -0.3 is 9.32 Å². The van der Waals surface area contributed by atoms with Gasteiger partial charge in [0.15, 0.2) is 0 Å². The smallest absolute Gasteiger partial charge is 0.417 e. The number of hydrogen-bond acceptors (Lipinski definition) is 5. The van der Waals surface area contributed by atoms with Crippen molar-refractivity contribution in [1.29, 1.82) is 0 Å². The second-order valence-electron chi connectivity index (χ2n) is 7.30. The third-order valence-corrected chi connectivity index (χ3v) is 6.67. The van der Waals surface area contributed by atoms with E-state index in [4.69, 9.17) is 4.42 Å². The number of aromatic nitrogens is 2. The molecule has 5 nitrogen and oxygen atoms in total. The number of thiophene rings is 1. The summed E-state index contributed by atoms with van der Waals surface area (Å²) in [7, 11) is 0. The lowest BCUT2D eigenvalue weighted by Crippen LogP contribution is -2.48. The Hall–Kier alpha value is -1.90. The van der Waals surface area contributed by atoms with Crippen LogP contribution in [0, 0.1) is 0 Å². The maximum Gasteiger partial charge on any atom is 0.470 e. The highest BCUT2D eigenvalue weighted by molar-refractivity contribution is 7.10. The number of likely N-dealkylation sites (tertiary alicyclic amines) is 1. The Morgan fingerprint density at radius 3 is 2.67 bits per heavy atom. The minimum atomic E-state index is -4.65. The van der Waals surface area contributed by atoms with Crippen molar-refractivity contribution in [3.05, 3.63) is 34.2 Å². The molecule has 2 aliphatic rings. The molecule has 27 heavy (non-hydrogen) atoms. The monoisotopic (exact) mass is 399 g/mol. The highest BCUT2D eigenvalue weighted by Crippen LogP contribution is 2.45. The van der Waals surface area contributed by atoms with E-state index in [2.05, 4.69) is 10.2 Å². The van der Waals surface area contributed by atoms with Gasteiger partial charge in [0.1, 0.15) is 0 Å². The number of piperidine rings is 1. The quantitative estimate of drug-likeness (QED) is 0.769. The zero-order chi connectivity index (χ0) is 19.1. The van der Waals surface area contributed by atoms with Gasteiger partial charge in [-0.25, -0.2) is 0 Å². The van der Waals surface area contributed by atoms with Crippen molar-refractivity contribution >= 4 is 17.2 Å². The van der Waals surface area contributed by atoms with Gasteiger partial charge in [0, 0.05) is 18.0 Å². The number of nitrogens with zero attached hydrogens (tertiary/aromatic N) is 3. The summed E-state index contributed by atoms with van der Waals surface area (Å²) < 4.78 is 43.0. The van der Waals surface area contributed by atoms with E-state index >= 15 is 0 Å². The summed E-state index contributed by atoms with van der Waals surface area (Å²) in [6, 6.07) is 3.98. The summed E-state index contributed by atoms with van der Waals surface area (Å²) in [4.78, 5) is 16.3. The van der Waals surface area contributed by atoms with Crippen LogP contribution in [-0.2, 0) is 16.4 Å². The Balaban J connectivity index is 1.54. The standard InChI is InChI=1S/C18H20F3N3O2S/c19-18(20,21)15-23-22-14(26-15)12-5-3-9-24(11-12)16(25)17(7-1-2-8-17)13-6-4-10-27-13/h4,6,10,12H,1-3,5,7-9,11H2/t12-/m0/s1. The normalized spacial score (nSPS) is 22.9. The molecule has 0 N–H and O–H groups in total. The van der Waals surface area contributed by atoms with Crippen LogP contribution >= 0.6 is 11.3 Å². The van der Waals surface area contributed by atoms with Crippen LogP contribution in [0.3, 0.4) is 0 Å². The first kappa shape index (κ1) is 18.5. The predicted octanol–water partition coefficient (Wildman–Crippen LogP) is 4.37. The molecule has 0 unspecified atom stereocenters. The zero-order valence-electron chi connectivity index (χ0n) is 14.7. The first-order valence-electron chi connectivity index (χ1n) is 9.14. The summed E-state index contributed by atoms with van der Waals surface area (Å²) in [6.07, 6.45) is 0.371. The number of carbonyl (C=O) groups is 1. The second-order valence-corrected chi connectivity index (χ2v) is 8.25. The molecule has 4 rings (SSSR count). The fourth-order valence-corrected chi connectivity index (χ4v) is 5.25. The van der Waals surface area contributed by atoms with E-state index in [-0.39, 0.29) is 17.7 Å². The number of rotatable bonds is 3. The summed E-state index contributed by atoms with van der Waals surface area (Å²) in [5, 5.41) is 8.70. The minimum Gasteiger partial charge on any atom is -0.417 e. The molecule has 146 valence electrons. The Bertz CT molecular complexity index is 797. The van der Waals surface area contributed by atoms with Gasteiger partial charge >= 0.3 is 12.1 Å². The predicted molar refractivity (Wildman–Crippen MR) is 92.3 cm³/mol. The molecule has 0 bridgehead atoms. The fraction of sp³-hybridized carbons (Fsp3) is 0.611. The van der Waals surface area contributed by atoms with Crippen LogP contribution in [0.25, 0.3) is 0 Å². The van der Waals surface area contributed by atoms with E-state index in [1.54, 1.807) is 16.2 Å². The van der Waals surface area contributed by atoms with Gasteiger partial charge in [-0.1, -0.05) is 18.9 Å². The van der Waals surface area contributed by atoms with Crippen molar-refractivity contribution in [3.63, 3.8) is 0 Å². The van der Waals surface area contributed by atoms with E-state index < -0.39 is 17.5 Å². The van der Waals surface area contributed by atoms with Crippen molar-refractivity contribution in [3.8, 4) is 0 Å². The SMILES string of the molecule is O=C(N1CCC[C@H](c2nnc(C(F)(F)F)o2)C1)C1(c2cccs2)CCCC1. The van der Waals surface area contributed by atoms with Gasteiger partial charge in [0.05, 0.1) is 11.3 Å². The van der Waals surface area contributed by atoms with Gasteiger partial charge in [0.2, 0.25) is 11.8 Å². The molecular weight excluding hydrogens is 379 g/mol. The number of amides is 1. The molecular formula is C18H20F3N3O2S. The zero-order valence-corrected chi connectivity index (χ0v) is 15.5. The van der Waals surface area contributed by atoms with Gasteiger partial charge in [-0.2, -0.15) is 13.2 Å². The molecule has 0 spiro atoms. The fourth-order valence-electron chi connectivity index (χ4n) is 4.28. The third kappa shape index (κ3) is 3.37. The lowest BCUT2D eigenvalue weighted by atomic mass is 9.82. The van der Waals surface area contributed by atoms with Crippen molar-refractivity contribution < 1.29 is 22.4 Å². The molecule has 1 atom stereocenters. The molecule has 1 aliphatic heterocycles. The first-order valence-corrected chi connectivity index (χ1v) is 10.0. The molecule has 9 heteroatoms.